The quantitative estimate of drug-likeness (QED) is 0.0246. The molecule has 0 radical (unpaired) electrons. The Bertz CT molecular complexity index is 3450. The maximum atomic E-state index is 13.9. The SMILES string of the molecule is CC(C)CN(C[C@@H](O)[C@H](Cc1ccc(OCCCN)cc1)NC(=O)O[C@H]1CO[C@H]2OCC[C@H]21)S(=O)(=O)c1ccc2c(c1)OCO2.CC(C)CN(C[C@@H](O)[C@H](Cc1ccc(OCCCNC(=O)OC(C)(C)C)cc1)NC(=O)O[C@H]1CO[C@H]2OCC[C@H]21)S(=O)(=O)c1ccc2c(c1)OCO2. The lowest BCUT2D eigenvalue weighted by atomic mass is 10.0. The standard InChI is InChI=1S/C36H51N3O12S.C31H43N3O10S/c1-23(2)19-39(52(43,44)26-11-12-30-31(18-26)49-22-48-30)20-29(40)28(38-35(42)50-32-21-47-33-27(32)13-16-46-33)17-24-7-9-25(10-8-24)45-15-6-14-37-34(41)51-36(3,4)5;1-20(2)16-34(45(37,38)23-8-9-27-28(15-23)43-19-42-27)17-26(35)25(14-21-4-6-22(7-5-21)39-12-3-11-32)33-31(36)44-29-18-41-30-24(29)10-13-40-30/h7-12,18,23,27-29,32-33,40H,6,13-17,19-22H2,1-5H3,(H,37,41)(H,38,42);4-9,15,20,24-26,29-30,35H,3,10-14,16-19,32H2,1-2H3,(H,33,36)/t27-,28-,29+,32-,33+;24-,25-,26+,29-,30+/m00/s1. The summed E-state index contributed by atoms with van der Waals surface area (Å²) >= 11 is 0. The Hall–Kier alpha value is -6.97. The number of fused-ring (bicyclic) bond motifs is 4. The number of alkyl carbamates (subject to hydrolysis) is 3. The van der Waals surface area contributed by atoms with Crippen molar-refractivity contribution < 1.29 is 103 Å². The van der Waals surface area contributed by atoms with Crippen molar-refractivity contribution >= 4 is 38.3 Å². The van der Waals surface area contributed by atoms with Gasteiger partial charge in [0.05, 0.1) is 85.6 Å². The molecule has 28 nitrogen and oxygen atoms in total. The highest BCUT2D eigenvalue weighted by Gasteiger charge is 2.46. The molecule has 0 unspecified atom stereocenters. The molecule has 10 atom stereocenters. The molecule has 6 aliphatic heterocycles. The van der Waals surface area contributed by atoms with Gasteiger partial charge in [-0.1, -0.05) is 52.0 Å². The third kappa shape index (κ3) is 21.0. The number of aliphatic hydroxyl groups is 2. The van der Waals surface area contributed by atoms with Gasteiger partial charge < -0.3 is 93.5 Å². The number of amides is 3. The number of carbonyl (C=O) groups excluding carboxylic acids is 3. The number of ether oxygens (including phenoxy) is 13. The van der Waals surface area contributed by atoms with E-state index in [1.807, 2.05) is 52.0 Å². The summed E-state index contributed by atoms with van der Waals surface area (Å²) in [7, 11) is -8.15. The molecule has 0 aliphatic carbocycles. The van der Waals surface area contributed by atoms with Crippen LogP contribution >= 0.6 is 0 Å². The minimum Gasteiger partial charge on any atom is -0.494 e. The molecule has 0 aromatic heterocycles. The lowest BCUT2D eigenvalue weighted by Gasteiger charge is -2.31. The molecule has 536 valence electrons. The van der Waals surface area contributed by atoms with Crippen molar-refractivity contribution in [3.8, 4) is 34.5 Å². The van der Waals surface area contributed by atoms with E-state index < -0.39 is 86.7 Å². The zero-order chi connectivity index (χ0) is 69.4. The summed E-state index contributed by atoms with van der Waals surface area (Å²) in [6.07, 6.45) is -3.31. The van der Waals surface area contributed by atoms with E-state index >= 15 is 0 Å². The number of hydrogen-bond donors (Lipinski definition) is 6. The minimum atomic E-state index is -4.09. The fourth-order valence-electron chi connectivity index (χ4n) is 11.7. The number of nitrogens with one attached hydrogen (secondary N) is 3. The van der Waals surface area contributed by atoms with Gasteiger partial charge in [-0.05, 0) is 137 Å². The van der Waals surface area contributed by atoms with E-state index in [2.05, 4.69) is 16.0 Å². The van der Waals surface area contributed by atoms with Crippen molar-refractivity contribution in [3.05, 3.63) is 96.1 Å². The third-order valence-electron chi connectivity index (χ3n) is 16.5. The number of sulfonamides is 2. The van der Waals surface area contributed by atoms with Crippen LogP contribution in [0.25, 0.3) is 0 Å². The highest BCUT2D eigenvalue weighted by molar-refractivity contribution is 7.89. The smallest absolute Gasteiger partial charge is 0.407 e. The molecule has 30 heteroatoms. The topological polar surface area (TPSA) is 349 Å². The lowest BCUT2D eigenvalue weighted by molar-refractivity contribution is -0.0909. The van der Waals surface area contributed by atoms with Crippen molar-refractivity contribution in [2.24, 2.45) is 29.4 Å². The Morgan fingerprint density at radius 3 is 1.41 bits per heavy atom. The van der Waals surface area contributed by atoms with Crippen LogP contribution in [0.1, 0.15) is 85.3 Å². The van der Waals surface area contributed by atoms with Crippen LogP contribution in [-0.4, -0.2) is 201 Å². The van der Waals surface area contributed by atoms with Gasteiger partial charge in [0.15, 0.2) is 35.6 Å². The maximum Gasteiger partial charge on any atom is 0.407 e. The van der Waals surface area contributed by atoms with Crippen molar-refractivity contribution in [2.75, 3.05) is 92.5 Å². The van der Waals surface area contributed by atoms with Crippen molar-refractivity contribution in [1.82, 2.24) is 24.6 Å². The zero-order valence-corrected chi connectivity index (χ0v) is 57.6. The molecule has 4 aromatic carbocycles. The minimum absolute atomic E-state index is 0.000649. The van der Waals surface area contributed by atoms with E-state index in [1.54, 1.807) is 57.2 Å². The van der Waals surface area contributed by atoms with Gasteiger partial charge in [-0.2, -0.15) is 8.61 Å². The first kappa shape index (κ1) is 74.3. The zero-order valence-electron chi connectivity index (χ0n) is 56.0. The molecule has 0 spiro atoms. The summed E-state index contributed by atoms with van der Waals surface area (Å²) in [6, 6.07) is 21.4. The summed E-state index contributed by atoms with van der Waals surface area (Å²) in [4.78, 5) is 38.3. The molecule has 0 bridgehead atoms. The van der Waals surface area contributed by atoms with Crippen LogP contribution in [0.2, 0.25) is 0 Å². The normalized spacial score (nSPS) is 21.3. The maximum absolute atomic E-state index is 13.9. The fraction of sp³-hybridized carbons (Fsp3) is 0.597. The predicted octanol–water partition coefficient (Wildman–Crippen LogP) is 6.06. The molecule has 6 heterocycles. The first-order chi connectivity index (χ1) is 46.3. The third-order valence-corrected chi connectivity index (χ3v) is 20.2. The van der Waals surface area contributed by atoms with Crippen molar-refractivity contribution in [1.29, 1.82) is 0 Å². The molecule has 4 fully saturated rings. The number of hydrogen-bond acceptors (Lipinski definition) is 23. The van der Waals surface area contributed by atoms with E-state index in [-0.39, 0.29) is 106 Å². The first-order valence-corrected chi connectivity index (χ1v) is 35.9. The summed E-state index contributed by atoms with van der Waals surface area (Å²) in [5, 5.41) is 31.5. The van der Waals surface area contributed by atoms with Crippen molar-refractivity contribution in [3.63, 3.8) is 0 Å². The summed E-state index contributed by atoms with van der Waals surface area (Å²) < 4.78 is 130. The molecular weight excluding hydrogens is 1300 g/mol. The van der Waals surface area contributed by atoms with Gasteiger partial charge in [0.1, 0.15) is 29.3 Å². The van der Waals surface area contributed by atoms with Crippen LogP contribution in [-0.2, 0) is 66.0 Å². The van der Waals surface area contributed by atoms with Gasteiger partial charge in [0.2, 0.25) is 33.6 Å². The monoisotopic (exact) mass is 1400 g/mol. The van der Waals surface area contributed by atoms with Crippen molar-refractivity contribution in [2.45, 2.75) is 151 Å². The molecule has 0 saturated carbocycles. The molecule has 3 amide bonds. The molecule has 10 rings (SSSR count). The van der Waals surface area contributed by atoms with E-state index in [0.29, 0.717) is 86.9 Å². The highest BCUT2D eigenvalue weighted by atomic mass is 32.2. The largest absolute Gasteiger partial charge is 0.494 e. The molecule has 6 aliphatic rings. The highest BCUT2D eigenvalue weighted by Crippen LogP contribution is 2.38. The van der Waals surface area contributed by atoms with Gasteiger partial charge in [-0.3, -0.25) is 0 Å². The van der Waals surface area contributed by atoms with Crippen LogP contribution in [0.5, 0.6) is 34.5 Å². The summed E-state index contributed by atoms with van der Waals surface area (Å²) in [5.74, 6) is 2.58. The van der Waals surface area contributed by atoms with Crippen LogP contribution < -0.4 is 50.1 Å². The second-order valence-corrected chi connectivity index (χ2v) is 30.2. The van der Waals surface area contributed by atoms with E-state index in [1.165, 1.54) is 32.9 Å². The summed E-state index contributed by atoms with van der Waals surface area (Å²) in [5.41, 5.74) is 6.52. The number of carbonyl (C=O) groups is 3. The number of benzene rings is 4. The molecule has 97 heavy (non-hydrogen) atoms. The Morgan fingerprint density at radius 1 is 0.577 bits per heavy atom. The average Bonchev–Trinajstić information content (AvgIpc) is 1.75. The number of aliphatic hydroxyl groups excluding tert-OH is 2. The van der Waals surface area contributed by atoms with Crippen LogP contribution in [0, 0.1) is 23.7 Å². The molecule has 4 aromatic rings. The Kier molecular flexibility index (Phi) is 26.2. The average molecular weight is 1400 g/mol. The number of nitrogens with two attached hydrogens (primary N) is 1. The van der Waals surface area contributed by atoms with Gasteiger partial charge in [-0.25, -0.2) is 31.2 Å². The van der Waals surface area contributed by atoms with Crippen LogP contribution in [0.3, 0.4) is 0 Å². The Balaban J connectivity index is 0.000000230. The Morgan fingerprint density at radius 2 is 1.00 bits per heavy atom. The molecular formula is C67H94N6O22S2. The fourth-order valence-corrected chi connectivity index (χ4v) is 15.0. The van der Waals surface area contributed by atoms with E-state index in [4.69, 9.17) is 67.3 Å². The number of nitrogens with zero attached hydrogens (tertiary/aromatic N) is 2. The van der Waals surface area contributed by atoms with E-state index in [0.717, 1.165) is 24.0 Å². The van der Waals surface area contributed by atoms with Gasteiger partial charge in [0.25, 0.3) is 0 Å². The van der Waals surface area contributed by atoms with E-state index in [9.17, 15) is 41.4 Å². The van der Waals surface area contributed by atoms with Gasteiger partial charge in [0, 0.05) is 44.9 Å². The van der Waals surface area contributed by atoms with Crippen LogP contribution in [0.15, 0.2) is 94.7 Å². The summed E-state index contributed by atoms with van der Waals surface area (Å²) in [6.45, 7) is 15.9. The van der Waals surface area contributed by atoms with Gasteiger partial charge >= 0.3 is 18.3 Å². The number of rotatable bonds is 31. The van der Waals surface area contributed by atoms with Crippen LogP contribution in [0.4, 0.5) is 14.4 Å². The lowest BCUT2D eigenvalue weighted by Crippen LogP contribution is -2.51. The Labute approximate surface area is 567 Å². The first-order valence-electron chi connectivity index (χ1n) is 33.0. The van der Waals surface area contributed by atoms with Gasteiger partial charge in [-0.15, -0.1) is 0 Å². The molecule has 4 saturated heterocycles. The molecule has 7 N–H and O–H groups in total. The second kappa shape index (κ2) is 34.2. The second-order valence-electron chi connectivity index (χ2n) is 26.4. The predicted molar refractivity (Wildman–Crippen MR) is 350 cm³/mol.